The molecule has 1 amide bonds. The van der Waals surface area contributed by atoms with Gasteiger partial charge in [-0.15, -0.1) is 0 Å². The number of hydrogen-bond donors (Lipinski definition) is 2. The Labute approximate surface area is 161 Å². The number of fused-ring (bicyclic) bond motifs is 1. The Kier molecular flexibility index (Phi) is 4.68. The van der Waals surface area contributed by atoms with E-state index in [0.29, 0.717) is 28.2 Å². The Balaban J connectivity index is 1.53. The van der Waals surface area contributed by atoms with Crippen LogP contribution in [0.2, 0.25) is 0 Å². The van der Waals surface area contributed by atoms with Crippen molar-refractivity contribution in [1.82, 2.24) is 4.98 Å². The number of anilines is 1. The number of carbonyl (C=O) groups is 1. The lowest BCUT2D eigenvalue weighted by Gasteiger charge is -2.08. The van der Waals surface area contributed by atoms with Crippen molar-refractivity contribution in [2.24, 2.45) is 0 Å². The number of amides is 1. The zero-order valence-electron chi connectivity index (χ0n) is 15.2. The lowest BCUT2D eigenvalue weighted by molar-refractivity contribution is -0.115. The number of methoxy groups -OCH3 is 1. The Morgan fingerprint density at radius 2 is 1.89 bits per heavy atom. The number of phenolic OH excluding ortho intramolecular Hbond substituents is 1. The van der Waals surface area contributed by atoms with Crippen molar-refractivity contribution in [3.63, 3.8) is 0 Å². The van der Waals surface area contributed by atoms with E-state index in [0.717, 1.165) is 11.3 Å². The van der Waals surface area contributed by atoms with Crippen molar-refractivity contribution in [3.8, 4) is 23.0 Å². The molecule has 0 unspecified atom stereocenters. The highest BCUT2D eigenvalue weighted by atomic mass is 16.5. The third kappa shape index (κ3) is 3.66. The van der Waals surface area contributed by atoms with Crippen molar-refractivity contribution in [2.45, 2.75) is 6.42 Å². The molecule has 0 saturated heterocycles. The Hall–Kier alpha value is -3.80. The van der Waals surface area contributed by atoms with Gasteiger partial charge in [0.05, 0.1) is 19.1 Å². The van der Waals surface area contributed by atoms with E-state index < -0.39 is 0 Å². The second-order valence-electron chi connectivity index (χ2n) is 6.29. The third-order valence-electron chi connectivity index (χ3n) is 4.33. The monoisotopic (exact) mass is 374 g/mol. The van der Waals surface area contributed by atoms with E-state index >= 15 is 0 Å². The van der Waals surface area contributed by atoms with Gasteiger partial charge in [0.2, 0.25) is 11.8 Å². The number of aromatic hydroxyl groups is 1. The van der Waals surface area contributed by atoms with Gasteiger partial charge in [-0.2, -0.15) is 0 Å². The number of rotatable bonds is 5. The van der Waals surface area contributed by atoms with Gasteiger partial charge >= 0.3 is 0 Å². The number of carbonyl (C=O) groups excluding carboxylic acids is 1. The molecule has 0 spiro atoms. The summed E-state index contributed by atoms with van der Waals surface area (Å²) in [6, 6.07) is 19.5. The zero-order valence-corrected chi connectivity index (χ0v) is 15.2. The van der Waals surface area contributed by atoms with Crippen LogP contribution in [-0.4, -0.2) is 23.1 Å². The summed E-state index contributed by atoms with van der Waals surface area (Å²) in [6.07, 6.45) is 0.225. The van der Waals surface area contributed by atoms with Gasteiger partial charge in [0.1, 0.15) is 17.0 Å². The number of aromatic nitrogens is 1. The van der Waals surface area contributed by atoms with E-state index in [1.165, 1.54) is 6.07 Å². The van der Waals surface area contributed by atoms with Crippen molar-refractivity contribution in [1.29, 1.82) is 0 Å². The Morgan fingerprint density at radius 1 is 1.11 bits per heavy atom. The third-order valence-corrected chi connectivity index (χ3v) is 4.33. The number of phenols is 1. The van der Waals surface area contributed by atoms with Crippen LogP contribution >= 0.6 is 0 Å². The lowest BCUT2D eigenvalue weighted by Crippen LogP contribution is -2.14. The average Bonchev–Trinajstić information content (AvgIpc) is 3.14. The SMILES string of the molecule is COc1ccc(CC(=O)Nc2ccc(O)c(-c3nc4ccccc4o3)c2)cc1. The maximum Gasteiger partial charge on any atom is 0.231 e. The van der Waals surface area contributed by atoms with Crippen molar-refractivity contribution in [2.75, 3.05) is 12.4 Å². The quantitative estimate of drug-likeness (QED) is 0.506. The van der Waals surface area contributed by atoms with Crippen molar-refractivity contribution >= 4 is 22.7 Å². The minimum atomic E-state index is -0.167. The van der Waals surface area contributed by atoms with Crippen molar-refractivity contribution < 1.29 is 19.1 Å². The fraction of sp³-hybridized carbons (Fsp3) is 0.0909. The summed E-state index contributed by atoms with van der Waals surface area (Å²) in [4.78, 5) is 16.8. The topological polar surface area (TPSA) is 84.6 Å². The molecule has 1 heterocycles. The highest BCUT2D eigenvalue weighted by Gasteiger charge is 2.14. The summed E-state index contributed by atoms with van der Waals surface area (Å²) in [5.74, 6) is 0.898. The molecule has 1 aromatic heterocycles. The molecule has 28 heavy (non-hydrogen) atoms. The summed E-state index contributed by atoms with van der Waals surface area (Å²) in [5.41, 5.74) is 3.17. The van der Waals surface area contributed by atoms with Gasteiger partial charge < -0.3 is 19.6 Å². The first kappa shape index (κ1) is 17.6. The average molecular weight is 374 g/mol. The fourth-order valence-corrected chi connectivity index (χ4v) is 2.91. The number of ether oxygens (including phenoxy) is 1. The molecule has 6 nitrogen and oxygen atoms in total. The molecule has 4 aromatic rings. The molecular formula is C22H18N2O4. The van der Waals surface area contributed by atoms with Gasteiger partial charge in [-0.3, -0.25) is 4.79 Å². The molecule has 4 rings (SSSR count). The van der Waals surface area contributed by atoms with Crippen LogP contribution < -0.4 is 10.1 Å². The van der Waals surface area contributed by atoms with Crippen LogP contribution in [-0.2, 0) is 11.2 Å². The first-order valence-electron chi connectivity index (χ1n) is 8.74. The zero-order chi connectivity index (χ0) is 19.5. The lowest BCUT2D eigenvalue weighted by atomic mass is 10.1. The smallest absolute Gasteiger partial charge is 0.231 e. The number of para-hydroxylation sites is 2. The van der Waals surface area contributed by atoms with E-state index in [9.17, 15) is 9.90 Å². The Morgan fingerprint density at radius 3 is 2.64 bits per heavy atom. The van der Waals surface area contributed by atoms with Crippen LogP contribution in [0.25, 0.3) is 22.6 Å². The summed E-state index contributed by atoms with van der Waals surface area (Å²) in [7, 11) is 1.60. The number of hydrogen-bond acceptors (Lipinski definition) is 5. The molecule has 0 bridgehead atoms. The normalized spacial score (nSPS) is 10.8. The minimum Gasteiger partial charge on any atom is -0.507 e. The van der Waals surface area contributed by atoms with Gasteiger partial charge in [0, 0.05) is 5.69 Å². The van der Waals surface area contributed by atoms with E-state index in [2.05, 4.69) is 10.3 Å². The molecule has 0 aliphatic rings. The van der Waals surface area contributed by atoms with Gasteiger partial charge in [0.15, 0.2) is 5.58 Å². The number of benzene rings is 3. The van der Waals surface area contributed by atoms with Crippen LogP contribution in [0.5, 0.6) is 11.5 Å². The standard InChI is InChI=1S/C22H18N2O4/c1-27-16-9-6-14(7-10-16)12-21(26)23-15-8-11-19(25)17(13-15)22-24-18-4-2-3-5-20(18)28-22/h2-11,13,25H,12H2,1H3,(H,23,26). The summed E-state index contributed by atoms with van der Waals surface area (Å²) in [6.45, 7) is 0. The van der Waals surface area contributed by atoms with Crippen molar-refractivity contribution in [3.05, 3.63) is 72.3 Å². The first-order chi connectivity index (χ1) is 13.6. The van der Waals surface area contributed by atoms with Gasteiger partial charge in [0.25, 0.3) is 0 Å². The molecule has 2 N–H and O–H groups in total. The predicted octanol–water partition coefficient (Wildman–Crippen LogP) is 4.39. The Bertz CT molecular complexity index is 1100. The maximum absolute atomic E-state index is 12.4. The van der Waals surface area contributed by atoms with Crippen LogP contribution in [0.3, 0.4) is 0 Å². The second-order valence-corrected chi connectivity index (χ2v) is 6.29. The summed E-state index contributed by atoms with van der Waals surface area (Å²) in [5, 5.41) is 13.0. The molecule has 0 fully saturated rings. The highest BCUT2D eigenvalue weighted by molar-refractivity contribution is 5.93. The molecule has 6 heteroatoms. The van der Waals surface area contributed by atoms with Crippen LogP contribution in [0, 0.1) is 0 Å². The molecule has 0 atom stereocenters. The molecule has 0 saturated carbocycles. The predicted molar refractivity (Wildman–Crippen MR) is 106 cm³/mol. The number of nitrogens with zero attached hydrogens (tertiary/aromatic N) is 1. The summed E-state index contributed by atoms with van der Waals surface area (Å²) < 4.78 is 10.8. The molecule has 3 aromatic carbocycles. The van der Waals surface area contributed by atoms with Gasteiger partial charge in [-0.05, 0) is 48.0 Å². The minimum absolute atomic E-state index is 0.0275. The van der Waals surface area contributed by atoms with E-state index in [1.54, 1.807) is 19.2 Å². The van der Waals surface area contributed by atoms with Crippen LogP contribution in [0.15, 0.2) is 71.1 Å². The highest BCUT2D eigenvalue weighted by Crippen LogP contribution is 2.33. The first-order valence-corrected chi connectivity index (χ1v) is 8.74. The maximum atomic E-state index is 12.4. The number of oxazole rings is 1. The van der Waals surface area contributed by atoms with Crippen LogP contribution in [0.4, 0.5) is 5.69 Å². The van der Waals surface area contributed by atoms with Gasteiger partial charge in [-0.25, -0.2) is 4.98 Å². The molecule has 140 valence electrons. The number of nitrogens with one attached hydrogen (secondary N) is 1. The second kappa shape index (κ2) is 7.44. The van der Waals surface area contributed by atoms with Crippen LogP contribution in [0.1, 0.15) is 5.56 Å². The van der Waals surface area contributed by atoms with E-state index in [-0.39, 0.29) is 18.1 Å². The fourth-order valence-electron chi connectivity index (χ4n) is 2.91. The molecule has 0 radical (unpaired) electrons. The molecule has 0 aliphatic carbocycles. The molecular weight excluding hydrogens is 356 g/mol. The molecule has 0 aliphatic heterocycles. The van der Waals surface area contributed by atoms with E-state index in [1.807, 2.05) is 48.5 Å². The van der Waals surface area contributed by atoms with E-state index in [4.69, 9.17) is 9.15 Å². The van der Waals surface area contributed by atoms with Gasteiger partial charge in [-0.1, -0.05) is 24.3 Å². The summed E-state index contributed by atoms with van der Waals surface area (Å²) >= 11 is 0. The largest absolute Gasteiger partial charge is 0.507 e.